The van der Waals surface area contributed by atoms with Crippen molar-refractivity contribution in [2.45, 2.75) is 89.8 Å². The van der Waals surface area contributed by atoms with E-state index in [0.29, 0.717) is 0 Å². The molecule has 2 atom stereocenters. The Hall–Kier alpha value is -0.0800. The Morgan fingerprint density at radius 1 is 0.850 bits per heavy atom. The zero-order valence-corrected chi connectivity index (χ0v) is 13.6. The van der Waals surface area contributed by atoms with E-state index in [1.165, 1.54) is 70.9 Å². The monoisotopic (exact) mass is 278 g/mol. The van der Waals surface area contributed by atoms with E-state index in [9.17, 15) is 0 Å². The minimum absolute atomic E-state index is 0.764. The predicted molar refractivity (Wildman–Crippen MR) is 86.0 cm³/mol. The summed E-state index contributed by atoms with van der Waals surface area (Å²) in [5.74, 6) is 1.75. The number of likely N-dealkylation sites (tertiary alicyclic amines) is 1. The number of hydrogen-bond acceptors (Lipinski definition) is 2. The van der Waals surface area contributed by atoms with Crippen LogP contribution in [0.15, 0.2) is 0 Å². The molecule has 2 heteroatoms. The molecule has 0 aromatic rings. The summed E-state index contributed by atoms with van der Waals surface area (Å²) in [6.07, 6.45) is 13.0. The minimum Gasteiger partial charge on any atom is -0.310 e. The molecule has 0 amide bonds. The normalized spacial score (nSPS) is 34.4. The summed E-state index contributed by atoms with van der Waals surface area (Å²) in [7, 11) is 0. The van der Waals surface area contributed by atoms with Gasteiger partial charge in [0.2, 0.25) is 0 Å². The van der Waals surface area contributed by atoms with Gasteiger partial charge in [0, 0.05) is 31.2 Å². The number of nitrogens with one attached hydrogen (secondary N) is 1. The van der Waals surface area contributed by atoms with Crippen LogP contribution in [0.3, 0.4) is 0 Å². The molecule has 3 rings (SSSR count). The lowest BCUT2D eigenvalue weighted by atomic mass is 9.84. The van der Waals surface area contributed by atoms with Gasteiger partial charge < -0.3 is 5.32 Å². The van der Waals surface area contributed by atoms with E-state index in [4.69, 9.17) is 0 Å². The third-order valence-electron chi connectivity index (χ3n) is 6.12. The molecule has 2 aliphatic carbocycles. The average molecular weight is 278 g/mol. The molecule has 1 aliphatic heterocycles. The van der Waals surface area contributed by atoms with E-state index in [1.54, 1.807) is 0 Å². The SMILES string of the molecule is CC(C)C1CC(NC2CCCC2)CN(C2CCCC2)C1. The number of nitrogens with zero attached hydrogens (tertiary/aromatic N) is 1. The lowest BCUT2D eigenvalue weighted by Crippen LogP contribution is -2.54. The molecule has 0 spiro atoms. The molecule has 3 aliphatic rings. The van der Waals surface area contributed by atoms with E-state index < -0.39 is 0 Å². The second-order valence-electron chi connectivity index (χ2n) is 7.98. The molecule has 2 nitrogen and oxygen atoms in total. The smallest absolute Gasteiger partial charge is 0.0200 e. The molecule has 3 fully saturated rings. The molecule has 2 saturated carbocycles. The topological polar surface area (TPSA) is 15.3 Å². The number of hydrogen-bond donors (Lipinski definition) is 1. The molecule has 2 unspecified atom stereocenters. The van der Waals surface area contributed by atoms with E-state index in [-0.39, 0.29) is 0 Å². The highest BCUT2D eigenvalue weighted by molar-refractivity contribution is 4.91. The van der Waals surface area contributed by atoms with Gasteiger partial charge in [-0.2, -0.15) is 0 Å². The summed E-state index contributed by atoms with van der Waals surface area (Å²) < 4.78 is 0. The number of rotatable bonds is 4. The van der Waals surface area contributed by atoms with Crippen LogP contribution in [0.25, 0.3) is 0 Å². The quantitative estimate of drug-likeness (QED) is 0.841. The van der Waals surface area contributed by atoms with E-state index in [1.807, 2.05) is 0 Å². The summed E-state index contributed by atoms with van der Waals surface area (Å²) in [6, 6.07) is 2.50. The number of piperidine rings is 1. The first-order valence-electron chi connectivity index (χ1n) is 9.22. The van der Waals surface area contributed by atoms with Gasteiger partial charge in [0.1, 0.15) is 0 Å². The fourth-order valence-corrected chi connectivity index (χ4v) is 4.77. The molecule has 1 saturated heterocycles. The second-order valence-corrected chi connectivity index (χ2v) is 7.98. The highest BCUT2D eigenvalue weighted by Gasteiger charge is 2.34. The third-order valence-corrected chi connectivity index (χ3v) is 6.12. The van der Waals surface area contributed by atoms with Crippen LogP contribution >= 0.6 is 0 Å². The lowest BCUT2D eigenvalue weighted by molar-refractivity contribution is 0.0763. The first-order valence-corrected chi connectivity index (χ1v) is 9.22. The molecule has 0 aromatic carbocycles. The molecule has 0 radical (unpaired) electrons. The molecular formula is C18H34N2. The zero-order chi connectivity index (χ0) is 13.9. The minimum atomic E-state index is 0.764. The zero-order valence-electron chi connectivity index (χ0n) is 13.6. The van der Waals surface area contributed by atoms with Gasteiger partial charge in [-0.1, -0.05) is 39.5 Å². The Labute approximate surface area is 125 Å². The molecule has 20 heavy (non-hydrogen) atoms. The second kappa shape index (κ2) is 6.79. The first-order chi connectivity index (χ1) is 9.72. The largest absolute Gasteiger partial charge is 0.310 e. The lowest BCUT2D eigenvalue weighted by Gasteiger charge is -2.43. The van der Waals surface area contributed by atoms with Gasteiger partial charge in [-0.15, -0.1) is 0 Å². The van der Waals surface area contributed by atoms with Crippen molar-refractivity contribution in [3.63, 3.8) is 0 Å². The van der Waals surface area contributed by atoms with Gasteiger partial charge in [0.25, 0.3) is 0 Å². The summed E-state index contributed by atoms with van der Waals surface area (Å²) in [5, 5.41) is 4.01. The molecule has 0 bridgehead atoms. The maximum atomic E-state index is 4.01. The molecule has 1 N–H and O–H groups in total. The van der Waals surface area contributed by atoms with Crippen molar-refractivity contribution >= 4 is 0 Å². The van der Waals surface area contributed by atoms with E-state index in [0.717, 1.165) is 30.0 Å². The summed E-state index contributed by atoms with van der Waals surface area (Å²) in [4.78, 5) is 2.85. The Kier molecular flexibility index (Phi) is 5.04. The van der Waals surface area contributed by atoms with Crippen LogP contribution in [0.1, 0.15) is 71.6 Å². The van der Waals surface area contributed by atoms with Crippen molar-refractivity contribution in [3.05, 3.63) is 0 Å². The Morgan fingerprint density at radius 3 is 2.15 bits per heavy atom. The van der Waals surface area contributed by atoms with Crippen LogP contribution in [0.5, 0.6) is 0 Å². The van der Waals surface area contributed by atoms with Gasteiger partial charge in [0.15, 0.2) is 0 Å². The fraction of sp³-hybridized carbons (Fsp3) is 1.00. The van der Waals surface area contributed by atoms with Crippen LogP contribution in [-0.2, 0) is 0 Å². The van der Waals surface area contributed by atoms with Crippen LogP contribution in [0.2, 0.25) is 0 Å². The summed E-state index contributed by atoms with van der Waals surface area (Å²) >= 11 is 0. The van der Waals surface area contributed by atoms with Gasteiger partial charge >= 0.3 is 0 Å². The van der Waals surface area contributed by atoms with Crippen LogP contribution in [-0.4, -0.2) is 36.1 Å². The van der Waals surface area contributed by atoms with E-state index >= 15 is 0 Å². The van der Waals surface area contributed by atoms with Crippen LogP contribution in [0.4, 0.5) is 0 Å². The van der Waals surface area contributed by atoms with Gasteiger partial charge in [-0.25, -0.2) is 0 Å². The predicted octanol–water partition coefficient (Wildman–Crippen LogP) is 3.81. The highest BCUT2D eigenvalue weighted by Crippen LogP contribution is 2.31. The molecule has 0 aromatic heterocycles. The highest BCUT2D eigenvalue weighted by atomic mass is 15.2. The third kappa shape index (κ3) is 3.57. The fourth-order valence-electron chi connectivity index (χ4n) is 4.77. The maximum Gasteiger partial charge on any atom is 0.0200 e. The van der Waals surface area contributed by atoms with Gasteiger partial charge in [-0.05, 0) is 43.9 Å². The van der Waals surface area contributed by atoms with Gasteiger partial charge in [0.05, 0.1) is 0 Å². The standard InChI is InChI=1S/C18H34N2/c1-14(2)15-11-17(19-16-7-3-4-8-16)13-20(12-15)18-9-5-6-10-18/h14-19H,3-13H2,1-2H3. The van der Waals surface area contributed by atoms with Crippen molar-refractivity contribution in [3.8, 4) is 0 Å². The van der Waals surface area contributed by atoms with Crippen LogP contribution < -0.4 is 5.32 Å². The van der Waals surface area contributed by atoms with Crippen molar-refractivity contribution in [1.82, 2.24) is 10.2 Å². The molecule has 116 valence electrons. The Morgan fingerprint density at radius 2 is 1.50 bits per heavy atom. The Balaban J connectivity index is 1.59. The Bertz CT molecular complexity index is 288. The summed E-state index contributed by atoms with van der Waals surface area (Å²) in [5.41, 5.74) is 0. The molecule has 1 heterocycles. The average Bonchev–Trinajstić information content (AvgIpc) is 3.11. The van der Waals surface area contributed by atoms with Crippen molar-refractivity contribution in [2.75, 3.05) is 13.1 Å². The van der Waals surface area contributed by atoms with Crippen molar-refractivity contribution in [1.29, 1.82) is 0 Å². The summed E-state index contributed by atoms with van der Waals surface area (Å²) in [6.45, 7) is 7.54. The van der Waals surface area contributed by atoms with Crippen molar-refractivity contribution in [2.24, 2.45) is 11.8 Å². The maximum absolute atomic E-state index is 4.01. The van der Waals surface area contributed by atoms with Crippen LogP contribution in [0, 0.1) is 11.8 Å². The van der Waals surface area contributed by atoms with E-state index in [2.05, 4.69) is 24.1 Å². The first kappa shape index (κ1) is 14.8. The molecular weight excluding hydrogens is 244 g/mol. The van der Waals surface area contributed by atoms with Gasteiger partial charge in [-0.3, -0.25) is 4.90 Å². The van der Waals surface area contributed by atoms with Crippen molar-refractivity contribution < 1.29 is 0 Å².